The smallest absolute Gasteiger partial charge is 0.323 e. The van der Waals surface area contributed by atoms with Crippen LogP contribution in [0.4, 0.5) is 0 Å². The number of carboxylic acids is 1. The fourth-order valence-corrected chi connectivity index (χ4v) is 2.02. The zero-order valence-corrected chi connectivity index (χ0v) is 11.1. The van der Waals surface area contributed by atoms with Crippen molar-refractivity contribution < 1.29 is 23.1 Å². The van der Waals surface area contributed by atoms with Crippen molar-refractivity contribution in [2.45, 2.75) is 32.9 Å². The average molecular weight is 266 g/mol. The molecule has 0 saturated carbocycles. The monoisotopic (exact) mass is 266 g/mol. The van der Waals surface area contributed by atoms with Gasteiger partial charge in [-0.05, 0) is 20.8 Å². The van der Waals surface area contributed by atoms with Gasteiger partial charge in [-0.1, -0.05) is 0 Å². The first-order valence-electron chi connectivity index (χ1n) is 5.04. The maximum absolute atomic E-state index is 11.8. The minimum absolute atomic E-state index is 0.317. The van der Waals surface area contributed by atoms with Gasteiger partial charge in [-0.15, -0.1) is 0 Å². The molecule has 0 rings (SSSR count). The van der Waals surface area contributed by atoms with Crippen molar-refractivity contribution in [1.29, 1.82) is 0 Å². The SMILES string of the molecule is CC(NS(C)(=O)=O)C(=O)N(CC(=O)O)C(C)C. The zero-order valence-electron chi connectivity index (χ0n) is 10.3. The number of sulfonamides is 1. The van der Waals surface area contributed by atoms with Crippen molar-refractivity contribution in [2.24, 2.45) is 0 Å². The molecule has 0 fully saturated rings. The Kier molecular flexibility index (Phi) is 5.56. The Balaban J connectivity index is 4.78. The molecular weight excluding hydrogens is 248 g/mol. The zero-order chi connectivity index (χ0) is 13.8. The lowest BCUT2D eigenvalue weighted by Crippen LogP contribution is -2.50. The van der Waals surface area contributed by atoms with Gasteiger partial charge < -0.3 is 10.0 Å². The second kappa shape index (κ2) is 5.97. The van der Waals surface area contributed by atoms with Gasteiger partial charge >= 0.3 is 5.97 Å². The molecule has 0 bridgehead atoms. The van der Waals surface area contributed by atoms with Crippen LogP contribution >= 0.6 is 0 Å². The lowest BCUT2D eigenvalue weighted by molar-refractivity contribution is -0.146. The number of aliphatic carboxylic acids is 1. The van der Waals surface area contributed by atoms with Crippen molar-refractivity contribution >= 4 is 21.9 Å². The van der Waals surface area contributed by atoms with E-state index in [2.05, 4.69) is 4.72 Å². The third-order valence-corrected chi connectivity index (χ3v) is 2.76. The first-order valence-corrected chi connectivity index (χ1v) is 6.93. The third-order valence-electron chi connectivity index (χ3n) is 1.97. The van der Waals surface area contributed by atoms with Crippen molar-refractivity contribution in [3.05, 3.63) is 0 Å². The normalized spacial score (nSPS) is 13.5. The summed E-state index contributed by atoms with van der Waals surface area (Å²) in [5, 5.41) is 8.66. The Bertz CT molecular complexity index is 390. The summed E-state index contributed by atoms with van der Waals surface area (Å²) in [6.45, 7) is 4.24. The van der Waals surface area contributed by atoms with Gasteiger partial charge in [0.15, 0.2) is 0 Å². The van der Waals surface area contributed by atoms with Crippen molar-refractivity contribution in [3.8, 4) is 0 Å². The lowest BCUT2D eigenvalue weighted by atomic mass is 10.2. The molecule has 2 N–H and O–H groups in total. The van der Waals surface area contributed by atoms with Gasteiger partial charge in [0, 0.05) is 6.04 Å². The molecule has 0 aromatic heterocycles. The van der Waals surface area contributed by atoms with E-state index in [0.717, 1.165) is 11.2 Å². The van der Waals surface area contributed by atoms with Gasteiger partial charge in [-0.3, -0.25) is 9.59 Å². The molecule has 0 heterocycles. The standard InChI is InChI=1S/C9H18N2O5S/c1-6(2)11(5-8(12)13)9(14)7(3)10-17(4,15)16/h6-7,10H,5H2,1-4H3,(H,12,13). The number of hydrogen-bond donors (Lipinski definition) is 2. The number of nitrogens with zero attached hydrogens (tertiary/aromatic N) is 1. The molecule has 7 nitrogen and oxygen atoms in total. The highest BCUT2D eigenvalue weighted by Crippen LogP contribution is 2.02. The second-order valence-corrected chi connectivity index (χ2v) is 5.85. The van der Waals surface area contributed by atoms with E-state index in [0.29, 0.717) is 0 Å². The van der Waals surface area contributed by atoms with E-state index in [1.807, 2.05) is 0 Å². The predicted octanol–water partition coefficient (Wildman–Crippen LogP) is -0.754. The van der Waals surface area contributed by atoms with Crippen LogP contribution in [0.3, 0.4) is 0 Å². The van der Waals surface area contributed by atoms with E-state index in [-0.39, 0.29) is 6.04 Å². The van der Waals surface area contributed by atoms with E-state index >= 15 is 0 Å². The van der Waals surface area contributed by atoms with Crippen LogP contribution in [0.1, 0.15) is 20.8 Å². The quantitative estimate of drug-likeness (QED) is 0.658. The van der Waals surface area contributed by atoms with Crippen molar-refractivity contribution in [2.75, 3.05) is 12.8 Å². The predicted molar refractivity (Wildman–Crippen MR) is 61.9 cm³/mol. The minimum Gasteiger partial charge on any atom is -0.480 e. The van der Waals surface area contributed by atoms with E-state index in [9.17, 15) is 18.0 Å². The highest BCUT2D eigenvalue weighted by Gasteiger charge is 2.26. The topological polar surface area (TPSA) is 104 Å². The molecule has 100 valence electrons. The number of nitrogens with one attached hydrogen (secondary N) is 1. The molecule has 0 aliphatic rings. The summed E-state index contributed by atoms with van der Waals surface area (Å²) in [4.78, 5) is 23.5. The Hall–Kier alpha value is -1.15. The largest absolute Gasteiger partial charge is 0.480 e. The van der Waals surface area contributed by atoms with Crippen LogP contribution < -0.4 is 4.72 Å². The Morgan fingerprint density at radius 1 is 1.29 bits per heavy atom. The summed E-state index contributed by atoms with van der Waals surface area (Å²) in [5.41, 5.74) is 0. The lowest BCUT2D eigenvalue weighted by Gasteiger charge is -2.27. The van der Waals surface area contributed by atoms with Gasteiger partial charge in [0.05, 0.1) is 12.3 Å². The van der Waals surface area contributed by atoms with Gasteiger partial charge in [0.2, 0.25) is 15.9 Å². The summed E-state index contributed by atoms with van der Waals surface area (Å²) in [7, 11) is -3.50. The van der Waals surface area contributed by atoms with Crippen molar-refractivity contribution in [1.82, 2.24) is 9.62 Å². The fourth-order valence-electron chi connectivity index (χ4n) is 1.28. The molecule has 8 heteroatoms. The van der Waals surface area contributed by atoms with Crippen LogP contribution in [0.25, 0.3) is 0 Å². The van der Waals surface area contributed by atoms with Crippen LogP contribution in [-0.2, 0) is 19.6 Å². The average Bonchev–Trinajstić information content (AvgIpc) is 2.09. The molecule has 1 atom stereocenters. The fraction of sp³-hybridized carbons (Fsp3) is 0.778. The number of carbonyl (C=O) groups excluding carboxylic acids is 1. The van der Waals surface area contributed by atoms with Crippen molar-refractivity contribution in [3.63, 3.8) is 0 Å². The van der Waals surface area contributed by atoms with Gasteiger partial charge in [-0.2, -0.15) is 0 Å². The van der Waals surface area contributed by atoms with E-state index < -0.39 is 34.5 Å². The molecule has 0 aliphatic carbocycles. The van der Waals surface area contributed by atoms with Crippen LogP contribution in [0.15, 0.2) is 0 Å². The highest BCUT2D eigenvalue weighted by atomic mass is 32.2. The number of carboxylic acid groups (broad SMARTS) is 1. The number of carbonyl (C=O) groups is 2. The minimum atomic E-state index is -3.50. The molecule has 0 aliphatic heterocycles. The summed E-state index contributed by atoms with van der Waals surface area (Å²) in [5.74, 6) is -1.70. The molecule has 0 aromatic carbocycles. The van der Waals surface area contributed by atoms with E-state index in [1.165, 1.54) is 6.92 Å². The van der Waals surface area contributed by atoms with Gasteiger partial charge in [0.1, 0.15) is 6.54 Å². The highest BCUT2D eigenvalue weighted by molar-refractivity contribution is 7.88. The first kappa shape index (κ1) is 15.9. The molecular formula is C9H18N2O5S. The summed E-state index contributed by atoms with van der Waals surface area (Å²) in [6, 6.07) is -1.30. The Morgan fingerprint density at radius 3 is 2.06 bits per heavy atom. The number of rotatable bonds is 6. The van der Waals surface area contributed by atoms with E-state index in [1.54, 1.807) is 13.8 Å². The summed E-state index contributed by atoms with van der Waals surface area (Å²) < 4.78 is 24.0. The van der Waals surface area contributed by atoms with Gasteiger partial charge in [0.25, 0.3) is 0 Å². The Morgan fingerprint density at radius 2 is 1.76 bits per heavy atom. The summed E-state index contributed by atoms with van der Waals surface area (Å²) >= 11 is 0. The molecule has 0 radical (unpaired) electrons. The number of amides is 1. The summed E-state index contributed by atoms with van der Waals surface area (Å²) in [6.07, 6.45) is 0.938. The number of hydrogen-bond acceptors (Lipinski definition) is 4. The molecule has 0 spiro atoms. The molecule has 17 heavy (non-hydrogen) atoms. The molecule has 0 saturated heterocycles. The van der Waals surface area contributed by atoms with E-state index in [4.69, 9.17) is 5.11 Å². The molecule has 0 aromatic rings. The Labute approximate surface area is 101 Å². The van der Waals surface area contributed by atoms with Crippen LogP contribution in [0.5, 0.6) is 0 Å². The van der Waals surface area contributed by atoms with Crippen LogP contribution in [0.2, 0.25) is 0 Å². The van der Waals surface area contributed by atoms with Crippen LogP contribution in [0, 0.1) is 0 Å². The van der Waals surface area contributed by atoms with Crippen LogP contribution in [-0.4, -0.2) is 55.2 Å². The van der Waals surface area contributed by atoms with Gasteiger partial charge in [-0.25, -0.2) is 13.1 Å². The third kappa shape index (κ3) is 6.22. The molecule has 1 unspecified atom stereocenters. The first-order chi connectivity index (χ1) is 7.54. The second-order valence-electron chi connectivity index (χ2n) is 4.07. The maximum Gasteiger partial charge on any atom is 0.323 e. The maximum atomic E-state index is 11.8. The molecule has 1 amide bonds.